The number of nitrogens with zero attached hydrogens (tertiary/aromatic N) is 2. The fraction of sp³-hybridized carbons (Fsp3) is 0.125. The van der Waals surface area contributed by atoms with E-state index in [9.17, 15) is 4.39 Å². The Bertz CT molecular complexity index is 723. The van der Waals surface area contributed by atoms with Gasteiger partial charge >= 0.3 is 0 Å². The van der Waals surface area contributed by atoms with Crippen LogP contribution >= 0.6 is 0 Å². The molecule has 0 spiro atoms. The molecule has 2 rings (SSSR count). The van der Waals surface area contributed by atoms with E-state index in [4.69, 9.17) is 10.5 Å². The molecular formula is C16H12FN3. The largest absolute Gasteiger partial charge is 0.380 e. The van der Waals surface area contributed by atoms with E-state index in [0.717, 1.165) is 11.1 Å². The summed E-state index contributed by atoms with van der Waals surface area (Å²) in [7, 11) is 0. The highest BCUT2D eigenvalue weighted by molar-refractivity contribution is 5.58. The second-order valence-electron chi connectivity index (χ2n) is 4.38. The predicted octanol–water partition coefficient (Wildman–Crippen LogP) is 3.49. The second kappa shape index (κ2) is 5.86. The van der Waals surface area contributed by atoms with Crippen molar-refractivity contribution in [1.29, 1.82) is 10.5 Å². The second-order valence-corrected chi connectivity index (χ2v) is 4.38. The average Bonchev–Trinajstić information content (AvgIpc) is 2.46. The Kier molecular flexibility index (Phi) is 3.98. The SMILES string of the molecule is Cc1cc(C#N)ccc1CNc1cccc(F)c1C#N. The molecule has 0 radical (unpaired) electrons. The van der Waals surface area contributed by atoms with Crippen LogP contribution in [0.2, 0.25) is 0 Å². The van der Waals surface area contributed by atoms with Gasteiger partial charge in [0.25, 0.3) is 0 Å². The minimum absolute atomic E-state index is 0.0128. The van der Waals surface area contributed by atoms with E-state index in [1.807, 2.05) is 19.1 Å². The topological polar surface area (TPSA) is 59.6 Å². The summed E-state index contributed by atoms with van der Waals surface area (Å²) in [5.41, 5.74) is 3.06. The average molecular weight is 265 g/mol. The minimum atomic E-state index is -0.533. The zero-order chi connectivity index (χ0) is 14.5. The van der Waals surface area contributed by atoms with Crippen LogP contribution in [0.5, 0.6) is 0 Å². The van der Waals surface area contributed by atoms with E-state index < -0.39 is 5.82 Å². The van der Waals surface area contributed by atoms with E-state index in [0.29, 0.717) is 17.8 Å². The maximum atomic E-state index is 13.5. The summed E-state index contributed by atoms with van der Waals surface area (Å²) in [6, 6.07) is 13.8. The van der Waals surface area contributed by atoms with E-state index in [-0.39, 0.29) is 5.56 Å². The van der Waals surface area contributed by atoms with E-state index >= 15 is 0 Å². The van der Waals surface area contributed by atoms with E-state index in [1.165, 1.54) is 6.07 Å². The highest BCUT2D eigenvalue weighted by Gasteiger charge is 2.07. The molecule has 0 unspecified atom stereocenters. The number of aryl methyl sites for hydroxylation is 1. The normalized spacial score (nSPS) is 9.60. The molecule has 0 aliphatic carbocycles. The Morgan fingerprint density at radius 3 is 2.60 bits per heavy atom. The molecule has 0 fully saturated rings. The maximum Gasteiger partial charge on any atom is 0.143 e. The molecule has 0 bridgehead atoms. The summed E-state index contributed by atoms with van der Waals surface area (Å²) in [6.45, 7) is 2.38. The van der Waals surface area contributed by atoms with Gasteiger partial charge in [0.1, 0.15) is 17.4 Å². The molecule has 0 atom stereocenters. The molecule has 2 aromatic rings. The number of nitrogens with one attached hydrogen (secondary N) is 1. The predicted molar refractivity (Wildman–Crippen MR) is 74.3 cm³/mol. The maximum absolute atomic E-state index is 13.5. The number of benzene rings is 2. The van der Waals surface area contributed by atoms with Crippen molar-refractivity contribution in [2.24, 2.45) is 0 Å². The smallest absolute Gasteiger partial charge is 0.143 e. The first-order chi connectivity index (χ1) is 9.65. The molecule has 0 heterocycles. The van der Waals surface area contributed by atoms with E-state index in [2.05, 4.69) is 11.4 Å². The Balaban J connectivity index is 2.20. The lowest BCUT2D eigenvalue weighted by atomic mass is 10.1. The molecule has 4 heteroatoms. The monoisotopic (exact) mass is 265 g/mol. The van der Waals surface area contributed by atoms with Crippen molar-refractivity contribution in [3.05, 3.63) is 64.5 Å². The molecule has 0 aliphatic heterocycles. The Labute approximate surface area is 116 Å². The summed E-state index contributed by atoms with van der Waals surface area (Å²) in [6.07, 6.45) is 0. The summed E-state index contributed by atoms with van der Waals surface area (Å²) >= 11 is 0. The molecule has 0 aromatic heterocycles. The highest BCUT2D eigenvalue weighted by atomic mass is 19.1. The lowest BCUT2D eigenvalue weighted by Crippen LogP contribution is -2.04. The number of hydrogen-bond donors (Lipinski definition) is 1. The molecule has 0 saturated heterocycles. The van der Waals surface area contributed by atoms with Gasteiger partial charge in [0.2, 0.25) is 0 Å². The van der Waals surface area contributed by atoms with Crippen molar-refractivity contribution in [3.8, 4) is 12.1 Å². The first-order valence-corrected chi connectivity index (χ1v) is 6.08. The number of halogens is 1. The van der Waals surface area contributed by atoms with Crippen molar-refractivity contribution in [3.63, 3.8) is 0 Å². The van der Waals surface area contributed by atoms with Crippen LogP contribution in [0, 0.1) is 35.4 Å². The molecule has 0 aliphatic rings. The van der Waals surface area contributed by atoms with Crippen LogP contribution in [0.15, 0.2) is 36.4 Å². The fourth-order valence-electron chi connectivity index (χ4n) is 1.94. The number of hydrogen-bond acceptors (Lipinski definition) is 3. The van der Waals surface area contributed by atoms with Crippen LogP contribution in [0.1, 0.15) is 22.3 Å². The van der Waals surface area contributed by atoms with Crippen LogP contribution in [0.25, 0.3) is 0 Å². The Morgan fingerprint density at radius 2 is 1.95 bits per heavy atom. The lowest BCUT2D eigenvalue weighted by Gasteiger charge is -2.11. The van der Waals surface area contributed by atoms with Crippen LogP contribution in [0.4, 0.5) is 10.1 Å². The van der Waals surface area contributed by atoms with Crippen molar-refractivity contribution >= 4 is 5.69 Å². The quantitative estimate of drug-likeness (QED) is 0.924. The standard InChI is InChI=1S/C16H12FN3/c1-11-7-12(8-18)5-6-13(11)10-20-16-4-2-3-15(17)14(16)9-19/h2-7,20H,10H2,1H3. The summed E-state index contributed by atoms with van der Waals surface area (Å²) in [4.78, 5) is 0. The lowest BCUT2D eigenvalue weighted by molar-refractivity contribution is 0.624. The summed E-state index contributed by atoms with van der Waals surface area (Å²) in [5.74, 6) is -0.533. The van der Waals surface area contributed by atoms with Gasteiger partial charge in [0, 0.05) is 6.54 Å². The van der Waals surface area contributed by atoms with Gasteiger partial charge in [-0.25, -0.2) is 4.39 Å². The third-order valence-corrected chi connectivity index (χ3v) is 3.07. The van der Waals surface area contributed by atoms with E-state index in [1.54, 1.807) is 24.3 Å². The molecule has 20 heavy (non-hydrogen) atoms. The zero-order valence-electron chi connectivity index (χ0n) is 10.9. The summed E-state index contributed by atoms with van der Waals surface area (Å²) in [5, 5.41) is 20.8. The van der Waals surface area contributed by atoms with Gasteiger partial charge in [-0.1, -0.05) is 12.1 Å². The number of nitriles is 2. The van der Waals surface area contributed by atoms with Gasteiger partial charge in [-0.15, -0.1) is 0 Å². The number of anilines is 1. The van der Waals surface area contributed by atoms with Gasteiger partial charge in [0.15, 0.2) is 0 Å². The van der Waals surface area contributed by atoms with Gasteiger partial charge < -0.3 is 5.32 Å². The van der Waals surface area contributed by atoms with Crippen LogP contribution in [-0.2, 0) is 6.54 Å². The van der Waals surface area contributed by atoms with Crippen LogP contribution in [-0.4, -0.2) is 0 Å². The third-order valence-electron chi connectivity index (χ3n) is 3.07. The molecule has 2 aromatic carbocycles. The van der Waals surface area contributed by atoms with Crippen molar-refractivity contribution < 1.29 is 4.39 Å². The summed E-state index contributed by atoms with van der Waals surface area (Å²) < 4.78 is 13.5. The van der Waals surface area contributed by atoms with Crippen LogP contribution in [0.3, 0.4) is 0 Å². The molecular weight excluding hydrogens is 253 g/mol. The molecule has 3 nitrogen and oxygen atoms in total. The van der Waals surface area contributed by atoms with Gasteiger partial charge in [-0.2, -0.15) is 10.5 Å². The molecule has 0 amide bonds. The van der Waals surface area contributed by atoms with Gasteiger partial charge in [-0.05, 0) is 42.3 Å². The molecule has 98 valence electrons. The first kappa shape index (κ1) is 13.6. The van der Waals surface area contributed by atoms with Gasteiger partial charge in [0.05, 0.1) is 17.3 Å². The molecule has 0 saturated carbocycles. The Morgan fingerprint density at radius 1 is 1.15 bits per heavy atom. The minimum Gasteiger partial charge on any atom is -0.380 e. The zero-order valence-corrected chi connectivity index (χ0v) is 10.9. The fourth-order valence-corrected chi connectivity index (χ4v) is 1.94. The van der Waals surface area contributed by atoms with Crippen LogP contribution < -0.4 is 5.32 Å². The first-order valence-electron chi connectivity index (χ1n) is 6.08. The number of rotatable bonds is 3. The molecule has 1 N–H and O–H groups in total. The van der Waals surface area contributed by atoms with Gasteiger partial charge in [-0.3, -0.25) is 0 Å². The van der Waals surface area contributed by atoms with Crippen molar-refractivity contribution in [2.45, 2.75) is 13.5 Å². The Hall–Kier alpha value is -2.85. The highest BCUT2D eigenvalue weighted by Crippen LogP contribution is 2.19. The third kappa shape index (κ3) is 2.76. The van der Waals surface area contributed by atoms with Crippen molar-refractivity contribution in [2.75, 3.05) is 5.32 Å². The van der Waals surface area contributed by atoms with Crippen molar-refractivity contribution in [1.82, 2.24) is 0 Å².